The number of amides is 1. The molecule has 126 valence electrons. The molecule has 0 aliphatic carbocycles. The van der Waals surface area contributed by atoms with Gasteiger partial charge in [-0.3, -0.25) is 4.79 Å². The molecule has 1 aromatic heterocycles. The number of tetrazole rings is 1. The molecule has 2 heterocycles. The highest BCUT2D eigenvalue weighted by molar-refractivity contribution is 9.10. The van der Waals surface area contributed by atoms with Gasteiger partial charge in [0.1, 0.15) is 11.7 Å². The summed E-state index contributed by atoms with van der Waals surface area (Å²) in [6, 6.07) is 15.5. The van der Waals surface area contributed by atoms with E-state index in [1.807, 2.05) is 41.3 Å². The molecule has 8 heteroatoms. The monoisotopic (exact) mass is 415 g/mol. The van der Waals surface area contributed by atoms with Crippen molar-refractivity contribution in [1.82, 2.24) is 25.1 Å². The third kappa shape index (κ3) is 3.32. The summed E-state index contributed by atoms with van der Waals surface area (Å²) in [6.45, 7) is 0.735. The van der Waals surface area contributed by atoms with Crippen molar-refractivity contribution in [1.29, 1.82) is 0 Å². The Labute approximate surface area is 157 Å². The smallest absolute Gasteiger partial charge is 0.255 e. The Kier molecular flexibility index (Phi) is 4.54. The van der Waals surface area contributed by atoms with Crippen molar-refractivity contribution in [2.24, 2.45) is 0 Å². The van der Waals surface area contributed by atoms with Gasteiger partial charge in [0.2, 0.25) is 0 Å². The molecular formula is C17H14BrN5OS. The van der Waals surface area contributed by atoms with Gasteiger partial charge in [-0.05, 0) is 46.3 Å². The predicted octanol–water partition coefficient (Wildman–Crippen LogP) is 3.31. The SMILES string of the molecule is O=C(c1cccc(-n2cnnn2)c1)N1CCSC1c1ccc(Br)cc1. The maximum Gasteiger partial charge on any atom is 0.255 e. The Hall–Kier alpha value is -2.19. The van der Waals surface area contributed by atoms with Crippen molar-refractivity contribution in [3.63, 3.8) is 0 Å². The lowest BCUT2D eigenvalue weighted by Gasteiger charge is -2.24. The number of carbonyl (C=O) groups is 1. The van der Waals surface area contributed by atoms with Crippen LogP contribution >= 0.6 is 27.7 Å². The van der Waals surface area contributed by atoms with E-state index in [-0.39, 0.29) is 11.3 Å². The highest BCUT2D eigenvalue weighted by atomic mass is 79.9. The van der Waals surface area contributed by atoms with E-state index in [4.69, 9.17) is 0 Å². The zero-order valence-electron chi connectivity index (χ0n) is 13.1. The average Bonchev–Trinajstić information content (AvgIpc) is 3.34. The lowest BCUT2D eigenvalue weighted by atomic mass is 10.1. The first kappa shape index (κ1) is 16.3. The second-order valence-electron chi connectivity index (χ2n) is 5.58. The quantitative estimate of drug-likeness (QED) is 0.656. The van der Waals surface area contributed by atoms with Crippen LogP contribution in [0.3, 0.4) is 0 Å². The number of hydrogen-bond acceptors (Lipinski definition) is 5. The molecule has 1 aliphatic heterocycles. The molecule has 25 heavy (non-hydrogen) atoms. The van der Waals surface area contributed by atoms with Crippen molar-refractivity contribution >= 4 is 33.6 Å². The summed E-state index contributed by atoms with van der Waals surface area (Å²) in [7, 11) is 0. The van der Waals surface area contributed by atoms with E-state index in [9.17, 15) is 4.79 Å². The van der Waals surface area contributed by atoms with E-state index in [0.717, 1.165) is 28.0 Å². The van der Waals surface area contributed by atoms with Gasteiger partial charge in [0.05, 0.1) is 5.69 Å². The molecule has 3 aromatic rings. The molecule has 1 aliphatic rings. The van der Waals surface area contributed by atoms with Crippen LogP contribution in [-0.4, -0.2) is 43.3 Å². The first-order chi connectivity index (χ1) is 12.2. The van der Waals surface area contributed by atoms with E-state index in [2.05, 4.69) is 43.6 Å². The predicted molar refractivity (Wildman–Crippen MR) is 99.5 cm³/mol. The van der Waals surface area contributed by atoms with Crippen LogP contribution in [0.1, 0.15) is 21.3 Å². The van der Waals surface area contributed by atoms with Gasteiger partial charge in [-0.1, -0.05) is 34.1 Å². The van der Waals surface area contributed by atoms with Crippen LogP contribution in [0.15, 0.2) is 59.3 Å². The molecular weight excluding hydrogens is 402 g/mol. The third-order valence-electron chi connectivity index (χ3n) is 4.01. The number of rotatable bonds is 3. The highest BCUT2D eigenvalue weighted by Gasteiger charge is 2.31. The van der Waals surface area contributed by atoms with Gasteiger partial charge in [0.15, 0.2) is 0 Å². The Morgan fingerprint density at radius 3 is 2.80 bits per heavy atom. The van der Waals surface area contributed by atoms with Crippen LogP contribution in [0.25, 0.3) is 5.69 Å². The maximum atomic E-state index is 13.1. The molecule has 0 bridgehead atoms. The summed E-state index contributed by atoms with van der Waals surface area (Å²) in [5.41, 5.74) is 2.54. The first-order valence-electron chi connectivity index (χ1n) is 7.74. The van der Waals surface area contributed by atoms with Gasteiger partial charge in [-0.2, -0.15) is 0 Å². The van der Waals surface area contributed by atoms with Crippen LogP contribution in [-0.2, 0) is 0 Å². The van der Waals surface area contributed by atoms with Gasteiger partial charge in [0, 0.05) is 22.3 Å². The first-order valence-corrected chi connectivity index (χ1v) is 9.58. The fourth-order valence-corrected chi connectivity index (χ4v) is 4.33. The van der Waals surface area contributed by atoms with E-state index in [1.165, 1.54) is 6.33 Å². The minimum absolute atomic E-state index is 0.0212. The molecule has 0 spiro atoms. The van der Waals surface area contributed by atoms with Crippen LogP contribution in [0.2, 0.25) is 0 Å². The van der Waals surface area contributed by atoms with Gasteiger partial charge >= 0.3 is 0 Å². The lowest BCUT2D eigenvalue weighted by molar-refractivity contribution is 0.0760. The third-order valence-corrected chi connectivity index (χ3v) is 5.80. The Morgan fingerprint density at radius 1 is 1.20 bits per heavy atom. The summed E-state index contributed by atoms with van der Waals surface area (Å²) in [4.78, 5) is 15.0. The number of thioether (sulfide) groups is 1. The van der Waals surface area contributed by atoms with E-state index < -0.39 is 0 Å². The zero-order chi connectivity index (χ0) is 17.2. The minimum atomic E-state index is 0.0212. The van der Waals surface area contributed by atoms with Crippen LogP contribution in [0, 0.1) is 0 Å². The van der Waals surface area contributed by atoms with Crippen LogP contribution in [0.5, 0.6) is 0 Å². The molecule has 6 nitrogen and oxygen atoms in total. The molecule has 1 unspecified atom stereocenters. The number of carbonyl (C=O) groups excluding carboxylic acids is 1. The zero-order valence-corrected chi connectivity index (χ0v) is 15.5. The molecule has 0 saturated carbocycles. The lowest BCUT2D eigenvalue weighted by Crippen LogP contribution is -2.30. The number of benzene rings is 2. The van der Waals surface area contributed by atoms with Crippen LogP contribution in [0.4, 0.5) is 0 Å². The van der Waals surface area contributed by atoms with Crippen molar-refractivity contribution in [3.05, 3.63) is 70.5 Å². The summed E-state index contributed by atoms with van der Waals surface area (Å²) >= 11 is 5.24. The van der Waals surface area contributed by atoms with E-state index in [1.54, 1.807) is 16.4 Å². The standard InChI is InChI=1S/C17H14BrN5OS/c18-14-6-4-12(5-7-14)17-22(8-9-25-17)16(24)13-2-1-3-15(10-13)23-11-19-20-21-23/h1-7,10-11,17H,8-9H2. The summed E-state index contributed by atoms with van der Waals surface area (Å²) < 4.78 is 2.58. The van der Waals surface area contributed by atoms with Gasteiger partial charge < -0.3 is 4.90 Å². The molecule has 1 amide bonds. The number of nitrogens with zero attached hydrogens (tertiary/aromatic N) is 5. The molecule has 0 N–H and O–H groups in total. The molecule has 1 saturated heterocycles. The Balaban J connectivity index is 1.61. The summed E-state index contributed by atoms with van der Waals surface area (Å²) in [6.07, 6.45) is 1.51. The van der Waals surface area contributed by atoms with Gasteiger partial charge in [0.25, 0.3) is 5.91 Å². The molecule has 1 fully saturated rings. The number of aromatic nitrogens is 4. The van der Waals surface area contributed by atoms with Crippen molar-refractivity contribution in [3.8, 4) is 5.69 Å². The van der Waals surface area contributed by atoms with Gasteiger partial charge in [-0.15, -0.1) is 16.9 Å². The van der Waals surface area contributed by atoms with Gasteiger partial charge in [-0.25, -0.2) is 4.68 Å². The second-order valence-corrected chi connectivity index (χ2v) is 7.68. The Morgan fingerprint density at radius 2 is 2.04 bits per heavy atom. The fraction of sp³-hybridized carbons (Fsp3) is 0.176. The van der Waals surface area contributed by atoms with Crippen molar-refractivity contribution in [2.75, 3.05) is 12.3 Å². The average molecular weight is 416 g/mol. The maximum absolute atomic E-state index is 13.1. The Bertz CT molecular complexity index is 884. The minimum Gasteiger partial charge on any atom is -0.322 e. The molecule has 0 radical (unpaired) electrons. The number of halogens is 1. The van der Waals surface area contributed by atoms with E-state index >= 15 is 0 Å². The molecule has 1 atom stereocenters. The summed E-state index contributed by atoms with van der Waals surface area (Å²) in [5.74, 6) is 0.951. The van der Waals surface area contributed by atoms with Crippen molar-refractivity contribution in [2.45, 2.75) is 5.37 Å². The normalized spacial score (nSPS) is 17.0. The van der Waals surface area contributed by atoms with Crippen molar-refractivity contribution < 1.29 is 4.79 Å². The highest BCUT2D eigenvalue weighted by Crippen LogP contribution is 2.39. The fourth-order valence-electron chi connectivity index (χ4n) is 2.81. The van der Waals surface area contributed by atoms with Crippen LogP contribution < -0.4 is 0 Å². The second kappa shape index (κ2) is 6.97. The molecule has 4 rings (SSSR count). The summed E-state index contributed by atoms with van der Waals surface area (Å²) in [5, 5.41) is 11.2. The number of hydrogen-bond donors (Lipinski definition) is 0. The topological polar surface area (TPSA) is 63.9 Å². The largest absolute Gasteiger partial charge is 0.322 e. The van der Waals surface area contributed by atoms with E-state index in [0.29, 0.717) is 5.56 Å². The molecule has 2 aromatic carbocycles.